The minimum atomic E-state index is 0.120. The zero-order valence-electron chi connectivity index (χ0n) is 11.0. The van der Waals surface area contributed by atoms with E-state index in [0.29, 0.717) is 0 Å². The summed E-state index contributed by atoms with van der Waals surface area (Å²) < 4.78 is 5.71. The van der Waals surface area contributed by atoms with Crippen LogP contribution in [0.15, 0.2) is 0 Å². The molecule has 1 saturated heterocycles. The predicted octanol–water partition coefficient (Wildman–Crippen LogP) is 2.64. The lowest BCUT2D eigenvalue weighted by molar-refractivity contribution is 0.105. The third-order valence-electron chi connectivity index (χ3n) is 3.76. The van der Waals surface area contributed by atoms with Gasteiger partial charge in [-0.05, 0) is 45.4 Å². The third kappa shape index (κ3) is 2.21. The Morgan fingerprint density at radius 3 is 2.89 bits per heavy atom. The summed E-state index contributed by atoms with van der Waals surface area (Å²) in [6.45, 7) is 3.87. The van der Waals surface area contributed by atoms with Gasteiger partial charge >= 0.3 is 0 Å². The van der Waals surface area contributed by atoms with Gasteiger partial charge in [0.05, 0.1) is 0 Å². The summed E-state index contributed by atoms with van der Waals surface area (Å²) in [6.07, 6.45) is 7.02. The average molecular weight is 247 g/mol. The van der Waals surface area contributed by atoms with Crippen molar-refractivity contribution in [3.8, 4) is 0 Å². The fourth-order valence-corrected chi connectivity index (χ4v) is 2.85. The first-order valence-electron chi connectivity index (χ1n) is 7.13. The van der Waals surface area contributed by atoms with Crippen LogP contribution in [0.25, 0.3) is 0 Å². The Morgan fingerprint density at radius 1 is 1.22 bits per heavy atom. The van der Waals surface area contributed by atoms with Crippen LogP contribution in [0, 0.1) is 0 Å². The fraction of sp³-hybridized carbons (Fsp3) is 0.714. The molecule has 3 rings (SSSR count). The van der Waals surface area contributed by atoms with Crippen molar-refractivity contribution in [1.82, 2.24) is 9.97 Å². The Morgan fingerprint density at radius 2 is 2.11 bits per heavy atom. The van der Waals surface area contributed by atoms with Gasteiger partial charge < -0.3 is 10.1 Å². The first-order valence-corrected chi connectivity index (χ1v) is 7.13. The van der Waals surface area contributed by atoms with Crippen molar-refractivity contribution in [3.05, 3.63) is 17.1 Å². The molecule has 0 bridgehead atoms. The summed E-state index contributed by atoms with van der Waals surface area (Å²) in [5, 5.41) is 3.39. The lowest BCUT2D eigenvalue weighted by atomic mass is 9.96. The van der Waals surface area contributed by atoms with Gasteiger partial charge in [0, 0.05) is 24.4 Å². The van der Waals surface area contributed by atoms with E-state index in [1.807, 2.05) is 0 Å². The quantitative estimate of drug-likeness (QED) is 0.892. The van der Waals surface area contributed by atoms with Crippen LogP contribution in [-0.2, 0) is 17.6 Å². The van der Waals surface area contributed by atoms with Crippen molar-refractivity contribution in [2.24, 2.45) is 0 Å². The van der Waals surface area contributed by atoms with E-state index >= 15 is 0 Å². The summed E-state index contributed by atoms with van der Waals surface area (Å²) >= 11 is 0. The fourth-order valence-electron chi connectivity index (χ4n) is 2.85. The number of hydrogen-bond donors (Lipinski definition) is 1. The van der Waals surface area contributed by atoms with Gasteiger partial charge in [-0.15, -0.1) is 0 Å². The number of fused-ring (bicyclic) bond motifs is 1. The second-order valence-corrected chi connectivity index (χ2v) is 5.09. The number of aromatic nitrogens is 2. The molecule has 4 nitrogen and oxygen atoms in total. The molecule has 0 radical (unpaired) electrons. The molecule has 1 N–H and O–H groups in total. The molecule has 2 aliphatic rings. The SMILES string of the molecule is CCNc1nc(C2CCCO2)nc2c1CCCC2. The van der Waals surface area contributed by atoms with E-state index < -0.39 is 0 Å². The highest BCUT2D eigenvalue weighted by Gasteiger charge is 2.24. The Balaban J connectivity index is 1.97. The number of aryl methyl sites for hydroxylation is 1. The normalized spacial score (nSPS) is 22.8. The van der Waals surface area contributed by atoms with E-state index in [1.165, 1.54) is 24.1 Å². The summed E-state index contributed by atoms with van der Waals surface area (Å²) in [7, 11) is 0. The van der Waals surface area contributed by atoms with Crippen molar-refractivity contribution in [2.45, 2.75) is 51.6 Å². The van der Waals surface area contributed by atoms with Gasteiger partial charge in [0.15, 0.2) is 5.82 Å². The van der Waals surface area contributed by atoms with E-state index in [1.54, 1.807) is 0 Å². The van der Waals surface area contributed by atoms with E-state index in [2.05, 4.69) is 12.2 Å². The van der Waals surface area contributed by atoms with Gasteiger partial charge in [0.25, 0.3) is 0 Å². The Bertz CT molecular complexity index is 427. The van der Waals surface area contributed by atoms with E-state index in [9.17, 15) is 0 Å². The number of ether oxygens (including phenoxy) is 1. The molecule has 98 valence electrons. The minimum absolute atomic E-state index is 0.120. The molecule has 0 aromatic carbocycles. The predicted molar refractivity (Wildman–Crippen MR) is 70.8 cm³/mol. The lowest BCUT2D eigenvalue weighted by Crippen LogP contribution is -2.16. The van der Waals surface area contributed by atoms with Crippen molar-refractivity contribution in [2.75, 3.05) is 18.5 Å². The number of rotatable bonds is 3. The molecule has 1 aromatic rings. The van der Waals surface area contributed by atoms with Crippen molar-refractivity contribution in [3.63, 3.8) is 0 Å². The molecule has 2 heterocycles. The summed E-state index contributed by atoms with van der Waals surface area (Å²) in [5.74, 6) is 1.94. The summed E-state index contributed by atoms with van der Waals surface area (Å²) in [4.78, 5) is 9.47. The number of nitrogens with one attached hydrogen (secondary N) is 1. The standard InChI is InChI=1S/C14H21N3O/c1-2-15-13-10-6-3-4-7-11(10)16-14(17-13)12-8-5-9-18-12/h12H,2-9H2,1H3,(H,15,16,17). The Labute approximate surface area is 108 Å². The maximum Gasteiger partial charge on any atom is 0.159 e. The monoisotopic (exact) mass is 247 g/mol. The molecule has 1 fully saturated rings. The van der Waals surface area contributed by atoms with Gasteiger partial charge in [0.2, 0.25) is 0 Å². The van der Waals surface area contributed by atoms with Gasteiger partial charge in [-0.1, -0.05) is 0 Å². The molecule has 1 atom stereocenters. The molecule has 1 aliphatic carbocycles. The number of anilines is 1. The Kier molecular flexibility index (Phi) is 3.46. The van der Waals surface area contributed by atoms with Crippen LogP contribution < -0.4 is 5.32 Å². The molecule has 18 heavy (non-hydrogen) atoms. The highest BCUT2D eigenvalue weighted by atomic mass is 16.5. The molecule has 1 aromatic heterocycles. The molecule has 4 heteroatoms. The smallest absolute Gasteiger partial charge is 0.159 e. The first kappa shape index (κ1) is 11.9. The van der Waals surface area contributed by atoms with Crippen LogP contribution in [-0.4, -0.2) is 23.1 Å². The highest BCUT2D eigenvalue weighted by molar-refractivity contribution is 5.48. The van der Waals surface area contributed by atoms with Gasteiger partial charge in [-0.25, -0.2) is 9.97 Å². The first-order chi connectivity index (χ1) is 8.88. The summed E-state index contributed by atoms with van der Waals surface area (Å²) in [5.41, 5.74) is 2.59. The number of nitrogens with zero attached hydrogens (tertiary/aromatic N) is 2. The van der Waals surface area contributed by atoms with Gasteiger partial charge in [0.1, 0.15) is 11.9 Å². The van der Waals surface area contributed by atoms with Crippen LogP contribution in [0.4, 0.5) is 5.82 Å². The third-order valence-corrected chi connectivity index (χ3v) is 3.76. The van der Waals surface area contributed by atoms with Crippen molar-refractivity contribution in [1.29, 1.82) is 0 Å². The summed E-state index contributed by atoms with van der Waals surface area (Å²) in [6, 6.07) is 0. The molecule has 0 spiro atoms. The molecule has 0 amide bonds. The number of hydrogen-bond acceptors (Lipinski definition) is 4. The van der Waals surface area contributed by atoms with E-state index in [4.69, 9.17) is 14.7 Å². The maximum atomic E-state index is 5.71. The zero-order valence-corrected chi connectivity index (χ0v) is 11.0. The highest BCUT2D eigenvalue weighted by Crippen LogP contribution is 2.31. The molecule has 0 saturated carbocycles. The van der Waals surface area contributed by atoms with Crippen LogP contribution in [0.5, 0.6) is 0 Å². The average Bonchev–Trinajstić information content (AvgIpc) is 2.93. The second kappa shape index (κ2) is 5.22. The van der Waals surface area contributed by atoms with Crippen LogP contribution >= 0.6 is 0 Å². The van der Waals surface area contributed by atoms with Crippen molar-refractivity contribution < 1.29 is 4.74 Å². The molecular formula is C14H21N3O. The zero-order chi connectivity index (χ0) is 12.4. The topological polar surface area (TPSA) is 47.0 Å². The second-order valence-electron chi connectivity index (χ2n) is 5.09. The minimum Gasteiger partial charge on any atom is -0.370 e. The van der Waals surface area contributed by atoms with Crippen molar-refractivity contribution >= 4 is 5.82 Å². The molecular weight excluding hydrogens is 226 g/mol. The van der Waals surface area contributed by atoms with Gasteiger partial charge in [-0.2, -0.15) is 0 Å². The van der Waals surface area contributed by atoms with Crippen LogP contribution in [0.2, 0.25) is 0 Å². The largest absolute Gasteiger partial charge is 0.370 e. The van der Waals surface area contributed by atoms with E-state index in [0.717, 1.165) is 50.5 Å². The molecule has 1 unspecified atom stereocenters. The van der Waals surface area contributed by atoms with Gasteiger partial charge in [-0.3, -0.25) is 0 Å². The Hall–Kier alpha value is -1.16. The molecule has 1 aliphatic heterocycles. The van der Waals surface area contributed by atoms with Crippen LogP contribution in [0.1, 0.15) is 55.8 Å². The maximum absolute atomic E-state index is 5.71. The van der Waals surface area contributed by atoms with Crippen LogP contribution in [0.3, 0.4) is 0 Å². The van der Waals surface area contributed by atoms with E-state index in [-0.39, 0.29) is 6.10 Å². The lowest BCUT2D eigenvalue weighted by Gasteiger charge is -2.20.